The minimum atomic E-state index is -0.358. The maximum atomic E-state index is 11.3. The van der Waals surface area contributed by atoms with E-state index < -0.39 is 0 Å². The van der Waals surface area contributed by atoms with Gasteiger partial charge in [-0.2, -0.15) is 0 Å². The fraction of sp³-hybridized carbons (Fsp3) is 0.923. The molecule has 1 amide bonds. The van der Waals surface area contributed by atoms with E-state index in [1.807, 2.05) is 0 Å². The van der Waals surface area contributed by atoms with Crippen molar-refractivity contribution in [2.24, 2.45) is 5.73 Å². The molecule has 0 aromatic heterocycles. The smallest absolute Gasteiger partial charge is 0.246 e. The highest BCUT2D eigenvalue weighted by atomic mass is 16.5. The normalized spacial score (nSPS) is 20.3. The van der Waals surface area contributed by atoms with Crippen LogP contribution in [0.3, 0.4) is 0 Å². The van der Waals surface area contributed by atoms with Gasteiger partial charge in [0.25, 0.3) is 0 Å². The van der Waals surface area contributed by atoms with Crippen molar-refractivity contribution in [3.63, 3.8) is 0 Å². The molecule has 0 aromatic carbocycles. The Morgan fingerprint density at radius 2 is 1.94 bits per heavy atom. The molecule has 0 aromatic rings. The van der Waals surface area contributed by atoms with Gasteiger partial charge in [0.15, 0.2) is 0 Å². The maximum Gasteiger partial charge on any atom is 0.246 e. The van der Waals surface area contributed by atoms with E-state index in [9.17, 15) is 4.79 Å². The van der Waals surface area contributed by atoms with Crippen LogP contribution in [0, 0.1) is 0 Å². The molecule has 0 radical (unpaired) electrons. The van der Waals surface area contributed by atoms with Gasteiger partial charge in [-0.3, -0.25) is 4.79 Å². The second-order valence-corrected chi connectivity index (χ2v) is 4.78. The summed E-state index contributed by atoms with van der Waals surface area (Å²) in [5, 5.41) is 0. The van der Waals surface area contributed by atoms with Gasteiger partial charge in [0.2, 0.25) is 5.91 Å². The van der Waals surface area contributed by atoms with Crippen molar-refractivity contribution in [2.75, 3.05) is 0 Å². The summed E-state index contributed by atoms with van der Waals surface area (Å²) in [4.78, 5) is 11.3. The number of hydrogen-bond acceptors (Lipinski definition) is 2. The van der Waals surface area contributed by atoms with Gasteiger partial charge >= 0.3 is 0 Å². The molecule has 3 nitrogen and oxygen atoms in total. The molecule has 1 fully saturated rings. The summed E-state index contributed by atoms with van der Waals surface area (Å²) in [6.07, 6.45) is 10.0. The molecule has 1 atom stereocenters. The Hall–Kier alpha value is -0.570. The molecule has 94 valence electrons. The number of hydrogen-bond donors (Lipinski definition) is 1. The molecule has 1 saturated carbocycles. The van der Waals surface area contributed by atoms with Crippen molar-refractivity contribution >= 4 is 5.91 Å². The van der Waals surface area contributed by atoms with Crippen LogP contribution < -0.4 is 5.73 Å². The highest BCUT2D eigenvalue weighted by Gasteiger charge is 2.21. The second-order valence-electron chi connectivity index (χ2n) is 4.78. The number of carbonyl (C=O) groups is 1. The zero-order chi connectivity index (χ0) is 11.8. The fourth-order valence-electron chi connectivity index (χ4n) is 2.28. The van der Waals surface area contributed by atoms with Gasteiger partial charge in [-0.1, -0.05) is 45.4 Å². The molecule has 2 N–H and O–H groups in total. The molecule has 0 heterocycles. The van der Waals surface area contributed by atoms with E-state index in [0.717, 1.165) is 32.1 Å². The SMILES string of the molecule is CCCCC(OC1CCCCCC1)C(N)=O. The van der Waals surface area contributed by atoms with Gasteiger partial charge in [0.05, 0.1) is 6.10 Å². The molecule has 1 rings (SSSR count). The summed E-state index contributed by atoms with van der Waals surface area (Å²) in [5.41, 5.74) is 5.37. The van der Waals surface area contributed by atoms with Crippen LogP contribution in [0.5, 0.6) is 0 Å². The number of primary amides is 1. The summed E-state index contributed by atoms with van der Waals surface area (Å²) < 4.78 is 5.86. The zero-order valence-electron chi connectivity index (χ0n) is 10.4. The van der Waals surface area contributed by atoms with Gasteiger partial charge in [-0.25, -0.2) is 0 Å². The molecular formula is C13H25NO2. The molecular weight excluding hydrogens is 202 g/mol. The number of rotatable bonds is 6. The van der Waals surface area contributed by atoms with Gasteiger partial charge in [0, 0.05) is 0 Å². The monoisotopic (exact) mass is 227 g/mol. The van der Waals surface area contributed by atoms with Gasteiger partial charge in [0.1, 0.15) is 6.10 Å². The molecule has 0 saturated heterocycles. The summed E-state index contributed by atoms with van der Waals surface area (Å²) in [6.45, 7) is 2.11. The second kappa shape index (κ2) is 7.66. The van der Waals surface area contributed by atoms with E-state index in [0.29, 0.717) is 0 Å². The quantitative estimate of drug-likeness (QED) is 0.709. The highest BCUT2D eigenvalue weighted by molar-refractivity contribution is 5.78. The Balaban J connectivity index is 2.36. The van der Waals surface area contributed by atoms with E-state index in [1.165, 1.54) is 25.7 Å². The number of ether oxygens (including phenoxy) is 1. The zero-order valence-corrected chi connectivity index (χ0v) is 10.4. The van der Waals surface area contributed by atoms with Crippen molar-refractivity contribution in [1.82, 2.24) is 0 Å². The predicted octanol–water partition coefficient (Wildman–Crippen LogP) is 2.77. The summed E-state index contributed by atoms with van der Waals surface area (Å²) in [7, 11) is 0. The molecule has 1 aliphatic carbocycles. The minimum absolute atomic E-state index is 0.261. The Labute approximate surface area is 98.7 Å². The van der Waals surface area contributed by atoms with Crippen LogP contribution in [0.25, 0.3) is 0 Å². The van der Waals surface area contributed by atoms with E-state index in [1.54, 1.807) is 0 Å². The minimum Gasteiger partial charge on any atom is -0.367 e. The first-order valence-corrected chi connectivity index (χ1v) is 6.68. The lowest BCUT2D eigenvalue weighted by Crippen LogP contribution is -2.34. The summed E-state index contributed by atoms with van der Waals surface area (Å²) in [6, 6.07) is 0. The van der Waals surface area contributed by atoms with Crippen LogP contribution in [-0.4, -0.2) is 18.1 Å². The predicted molar refractivity (Wildman–Crippen MR) is 65.1 cm³/mol. The van der Waals surface area contributed by atoms with Crippen LogP contribution in [0.15, 0.2) is 0 Å². The summed E-state index contributed by atoms with van der Waals surface area (Å²) in [5.74, 6) is -0.294. The average molecular weight is 227 g/mol. The third-order valence-corrected chi connectivity index (χ3v) is 3.30. The molecule has 16 heavy (non-hydrogen) atoms. The van der Waals surface area contributed by atoms with Crippen LogP contribution in [0.4, 0.5) is 0 Å². The Bertz CT molecular complexity index is 198. The number of unbranched alkanes of at least 4 members (excludes halogenated alkanes) is 1. The van der Waals surface area contributed by atoms with Crippen LogP contribution >= 0.6 is 0 Å². The lowest BCUT2D eigenvalue weighted by atomic mass is 10.1. The largest absolute Gasteiger partial charge is 0.367 e. The van der Waals surface area contributed by atoms with Crippen molar-refractivity contribution < 1.29 is 9.53 Å². The standard InChI is InChI=1S/C13H25NO2/c1-2-3-10-12(13(14)15)16-11-8-6-4-5-7-9-11/h11-12H,2-10H2,1H3,(H2,14,15). The summed E-state index contributed by atoms with van der Waals surface area (Å²) >= 11 is 0. The first kappa shape index (κ1) is 13.5. The molecule has 1 unspecified atom stereocenters. The first-order valence-electron chi connectivity index (χ1n) is 6.68. The van der Waals surface area contributed by atoms with E-state index in [2.05, 4.69) is 6.92 Å². The van der Waals surface area contributed by atoms with Gasteiger partial charge < -0.3 is 10.5 Å². The van der Waals surface area contributed by atoms with Crippen molar-refractivity contribution in [2.45, 2.75) is 76.9 Å². The van der Waals surface area contributed by atoms with Crippen LogP contribution in [0.2, 0.25) is 0 Å². The van der Waals surface area contributed by atoms with E-state index >= 15 is 0 Å². The Morgan fingerprint density at radius 1 is 1.31 bits per heavy atom. The number of carbonyl (C=O) groups excluding carboxylic acids is 1. The van der Waals surface area contributed by atoms with Crippen molar-refractivity contribution in [3.8, 4) is 0 Å². The van der Waals surface area contributed by atoms with E-state index in [-0.39, 0.29) is 18.1 Å². The molecule has 0 spiro atoms. The molecule has 3 heteroatoms. The van der Waals surface area contributed by atoms with Crippen LogP contribution in [0.1, 0.15) is 64.7 Å². The van der Waals surface area contributed by atoms with Crippen molar-refractivity contribution in [3.05, 3.63) is 0 Å². The van der Waals surface area contributed by atoms with Crippen LogP contribution in [-0.2, 0) is 9.53 Å². The highest BCUT2D eigenvalue weighted by Crippen LogP contribution is 2.22. The number of amides is 1. The Morgan fingerprint density at radius 3 is 2.44 bits per heavy atom. The number of nitrogens with two attached hydrogens (primary N) is 1. The molecule has 0 bridgehead atoms. The first-order chi connectivity index (χ1) is 7.74. The molecule has 0 aliphatic heterocycles. The van der Waals surface area contributed by atoms with Gasteiger partial charge in [-0.15, -0.1) is 0 Å². The Kier molecular flexibility index (Phi) is 6.46. The van der Waals surface area contributed by atoms with Gasteiger partial charge in [-0.05, 0) is 19.3 Å². The third kappa shape index (κ3) is 4.97. The van der Waals surface area contributed by atoms with Crippen molar-refractivity contribution in [1.29, 1.82) is 0 Å². The topological polar surface area (TPSA) is 52.3 Å². The molecule has 1 aliphatic rings. The van der Waals surface area contributed by atoms with E-state index in [4.69, 9.17) is 10.5 Å². The fourth-order valence-corrected chi connectivity index (χ4v) is 2.28. The maximum absolute atomic E-state index is 11.3. The average Bonchev–Trinajstić information content (AvgIpc) is 2.52. The third-order valence-electron chi connectivity index (χ3n) is 3.30. The lowest BCUT2D eigenvalue weighted by molar-refractivity contribution is -0.134. The lowest BCUT2D eigenvalue weighted by Gasteiger charge is -2.21.